The molecule has 1 aromatic carbocycles. The van der Waals surface area contributed by atoms with Crippen molar-refractivity contribution in [3.63, 3.8) is 0 Å². The van der Waals surface area contributed by atoms with Crippen molar-refractivity contribution in [2.75, 3.05) is 31.8 Å². The third-order valence-corrected chi connectivity index (χ3v) is 8.71. The molecule has 238 valence electrons. The number of halogens is 2. The highest BCUT2D eigenvalue weighted by Gasteiger charge is 2.42. The number of methoxy groups -OCH3 is 1. The standard InChI is InChI=1S/C33H31F2N5O6/c1-17-16-44-8-7-22(17)24-10-19(18-9-20(43-2)14-36-12-18)13-37-32(24)45-21-11-25(33(41)42)40(15-21)31-28-27(38-30(39-31)29(34)35)23-5-3-4-6-26(23)46-28/h3-6,9-10,12-14,17,21-22,25,29H,7-8,11,15-16H2,1-2H3,(H,41,42)/t17-,21?,22?,25-/m0/s1. The van der Waals surface area contributed by atoms with E-state index in [1.807, 2.05) is 12.1 Å². The van der Waals surface area contributed by atoms with Gasteiger partial charge in [0.2, 0.25) is 5.88 Å². The van der Waals surface area contributed by atoms with Gasteiger partial charge in [0, 0.05) is 54.1 Å². The summed E-state index contributed by atoms with van der Waals surface area (Å²) in [6, 6.07) is 9.71. The van der Waals surface area contributed by atoms with Gasteiger partial charge in [-0.3, -0.25) is 4.98 Å². The molecule has 11 nitrogen and oxygen atoms in total. The smallest absolute Gasteiger partial charge is 0.326 e. The number of fused-ring (bicyclic) bond motifs is 3. The van der Waals surface area contributed by atoms with Crippen molar-refractivity contribution in [3.05, 3.63) is 66.4 Å². The van der Waals surface area contributed by atoms with Crippen LogP contribution in [0.1, 0.15) is 43.5 Å². The Balaban J connectivity index is 1.26. The van der Waals surface area contributed by atoms with Crippen molar-refractivity contribution in [3.8, 4) is 22.8 Å². The van der Waals surface area contributed by atoms with Crippen LogP contribution in [0.3, 0.4) is 0 Å². The van der Waals surface area contributed by atoms with Crippen LogP contribution in [0.5, 0.6) is 11.6 Å². The third-order valence-electron chi connectivity index (χ3n) is 8.71. The first-order chi connectivity index (χ1) is 22.3. The lowest BCUT2D eigenvalue weighted by molar-refractivity contribution is -0.138. The van der Waals surface area contributed by atoms with Gasteiger partial charge in [0.05, 0.1) is 19.9 Å². The SMILES string of the molecule is COc1cncc(-c2cnc(OC3C[C@@H](C(=O)O)N(c4nc(C(F)F)nc5c4oc4ccccc45)C3)c(C3CCOC[C@@H]3C)c2)c1. The molecule has 4 aromatic heterocycles. The third kappa shape index (κ3) is 5.44. The summed E-state index contributed by atoms with van der Waals surface area (Å²) in [5, 5.41) is 10.8. The molecular formula is C33H31F2N5O6. The average Bonchev–Trinajstić information content (AvgIpc) is 3.67. The minimum Gasteiger partial charge on any atom is -0.495 e. The molecular weight excluding hydrogens is 600 g/mol. The molecule has 4 atom stereocenters. The number of nitrogens with zero attached hydrogens (tertiary/aromatic N) is 5. The maximum atomic E-state index is 14.0. The van der Waals surface area contributed by atoms with Gasteiger partial charge in [-0.2, -0.15) is 0 Å². The number of hydrogen-bond acceptors (Lipinski definition) is 10. The first-order valence-corrected chi connectivity index (χ1v) is 15.0. The van der Waals surface area contributed by atoms with E-state index in [-0.39, 0.29) is 41.7 Å². The summed E-state index contributed by atoms with van der Waals surface area (Å²) in [6.07, 6.45) is 2.26. The number of carboxylic acids is 1. The topological polar surface area (TPSA) is 133 Å². The van der Waals surface area contributed by atoms with E-state index in [1.54, 1.807) is 50.0 Å². The number of hydrogen-bond donors (Lipinski definition) is 1. The fourth-order valence-electron chi connectivity index (χ4n) is 6.42. The fourth-order valence-corrected chi connectivity index (χ4v) is 6.42. The van der Waals surface area contributed by atoms with Gasteiger partial charge in [-0.05, 0) is 42.5 Å². The van der Waals surface area contributed by atoms with Crippen LogP contribution in [0.2, 0.25) is 0 Å². The number of benzene rings is 1. The summed E-state index contributed by atoms with van der Waals surface area (Å²) < 4.78 is 51.6. The van der Waals surface area contributed by atoms with E-state index < -0.39 is 30.4 Å². The molecule has 2 unspecified atom stereocenters. The summed E-state index contributed by atoms with van der Waals surface area (Å²) in [5.41, 5.74) is 3.31. The summed E-state index contributed by atoms with van der Waals surface area (Å²) in [4.78, 5) is 31.2. The van der Waals surface area contributed by atoms with Gasteiger partial charge in [0.15, 0.2) is 17.2 Å². The van der Waals surface area contributed by atoms with E-state index >= 15 is 0 Å². The second-order valence-electron chi connectivity index (χ2n) is 11.6. The van der Waals surface area contributed by atoms with Crippen molar-refractivity contribution in [1.29, 1.82) is 0 Å². The largest absolute Gasteiger partial charge is 0.495 e. The predicted octanol–water partition coefficient (Wildman–Crippen LogP) is 6.03. The number of anilines is 1. The zero-order chi connectivity index (χ0) is 31.9. The molecule has 0 amide bonds. The summed E-state index contributed by atoms with van der Waals surface area (Å²) in [6.45, 7) is 3.33. The van der Waals surface area contributed by atoms with E-state index in [0.717, 1.165) is 23.1 Å². The zero-order valence-corrected chi connectivity index (χ0v) is 25.1. The Morgan fingerprint density at radius 1 is 1.13 bits per heavy atom. The van der Waals surface area contributed by atoms with Crippen LogP contribution < -0.4 is 14.4 Å². The lowest BCUT2D eigenvalue weighted by atomic mass is 9.83. The highest BCUT2D eigenvalue weighted by Crippen LogP contribution is 2.41. The molecule has 0 bridgehead atoms. The molecule has 2 aliphatic heterocycles. The van der Waals surface area contributed by atoms with Gasteiger partial charge in [-0.15, -0.1) is 0 Å². The molecule has 1 N–H and O–H groups in total. The van der Waals surface area contributed by atoms with Gasteiger partial charge in [-0.25, -0.2) is 28.5 Å². The maximum absolute atomic E-state index is 14.0. The van der Waals surface area contributed by atoms with E-state index in [2.05, 4.69) is 21.9 Å². The summed E-state index contributed by atoms with van der Waals surface area (Å²) in [7, 11) is 1.58. The Morgan fingerprint density at radius 2 is 1.96 bits per heavy atom. The number of alkyl halides is 2. The highest BCUT2D eigenvalue weighted by molar-refractivity contribution is 6.06. The zero-order valence-electron chi connectivity index (χ0n) is 25.1. The van der Waals surface area contributed by atoms with Gasteiger partial charge >= 0.3 is 5.97 Å². The van der Waals surface area contributed by atoms with Crippen LogP contribution in [0.15, 0.2) is 59.4 Å². The van der Waals surface area contributed by atoms with Crippen molar-refractivity contribution < 1.29 is 37.3 Å². The van der Waals surface area contributed by atoms with E-state index in [9.17, 15) is 18.7 Å². The van der Waals surface area contributed by atoms with Crippen molar-refractivity contribution in [2.45, 2.75) is 44.3 Å². The van der Waals surface area contributed by atoms with Crippen molar-refractivity contribution in [2.24, 2.45) is 5.92 Å². The van der Waals surface area contributed by atoms with Crippen LogP contribution in [-0.4, -0.2) is 70.0 Å². The fraction of sp³-hybridized carbons (Fsp3) is 0.364. The van der Waals surface area contributed by atoms with E-state index in [1.165, 1.54) is 4.90 Å². The summed E-state index contributed by atoms with van der Waals surface area (Å²) >= 11 is 0. The molecule has 46 heavy (non-hydrogen) atoms. The van der Waals surface area contributed by atoms with Crippen LogP contribution in [-0.2, 0) is 9.53 Å². The Kier molecular flexibility index (Phi) is 7.85. The Hall–Kier alpha value is -4.91. The predicted molar refractivity (Wildman–Crippen MR) is 163 cm³/mol. The van der Waals surface area contributed by atoms with Crippen LogP contribution >= 0.6 is 0 Å². The first-order valence-electron chi connectivity index (χ1n) is 15.0. The highest BCUT2D eigenvalue weighted by atomic mass is 19.3. The number of furan rings is 1. The molecule has 6 heterocycles. The molecule has 0 aliphatic carbocycles. The van der Waals surface area contributed by atoms with Crippen molar-refractivity contribution in [1.82, 2.24) is 19.9 Å². The lowest BCUT2D eigenvalue weighted by Gasteiger charge is -2.30. The van der Waals surface area contributed by atoms with Crippen LogP contribution in [0, 0.1) is 5.92 Å². The Labute approximate surface area is 262 Å². The Bertz CT molecular complexity index is 1920. The lowest BCUT2D eigenvalue weighted by Crippen LogP contribution is -2.37. The van der Waals surface area contributed by atoms with E-state index in [0.29, 0.717) is 35.8 Å². The maximum Gasteiger partial charge on any atom is 0.326 e. The van der Waals surface area contributed by atoms with Gasteiger partial charge in [-0.1, -0.05) is 19.1 Å². The quantitative estimate of drug-likeness (QED) is 0.215. The van der Waals surface area contributed by atoms with Gasteiger partial charge < -0.3 is 28.6 Å². The number of para-hydroxylation sites is 1. The van der Waals surface area contributed by atoms with Crippen LogP contribution in [0.25, 0.3) is 33.2 Å². The normalized spacial score (nSPS) is 21.7. The Morgan fingerprint density at radius 3 is 2.74 bits per heavy atom. The molecule has 5 aromatic rings. The number of carboxylic acid groups (broad SMARTS) is 1. The molecule has 13 heteroatoms. The molecule has 0 saturated carbocycles. The van der Waals surface area contributed by atoms with Gasteiger partial charge in [0.1, 0.15) is 29.0 Å². The molecule has 7 rings (SSSR count). The number of aromatic nitrogens is 4. The average molecular weight is 632 g/mol. The molecule has 2 fully saturated rings. The van der Waals surface area contributed by atoms with Gasteiger partial charge in [0.25, 0.3) is 6.43 Å². The molecule has 2 saturated heterocycles. The monoisotopic (exact) mass is 631 g/mol. The summed E-state index contributed by atoms with van der Waals surface area (Å²) in [5.74, 6) is -0.599. The molecule has 2 aliphatic rings. The van der Waals surface area contributed by atoms with Crippen molar-refractivity contribution >= 4 is 33.9 Å². The number of aliphatic carboxylic acids is 1. The molecule has 0 radical (unpaired) electrons. The second-order valence-corrected chi connectivity index (χ2v) is 11.6. The minimum atomic E-state index is -2.97. The number of carbonyl (C=O) groups is 1. The molecule has 0 spiro atoms. The second kappa shape index (κ2) is 12.1. The number of rotatable bonds is 8. The first kappa shape index (κ1) is 29.8. The minimum absolute atomic E-state index is 0.0119. The number of ether oxygens (including phenoxy) is 3. The number of pyridine rings is 2. The van der Waals surface area contributed by atoms with E-state index in [4.69, 9.17) is 23.6 Å². The van der Waals surface area contributed by atoms with Crippen LogP contribution in [0.4, 0.5) is 14.6 Å².